The fraction of sp³-hybridized carbons (Fsp3) is 0.583. The molecule has 1 N–H and O–H groups in total. The van der Waals surface area contributed by atoms with Crippen LogP contribution in [0.15, 0.2) is 18.3 Å². The molecule has 0 aromatic carbocycles. The Morgan fingerprint density at radius 1 is 1.60 bits per heavy atom. The van der Waals surface area contributed by atoms with E-state index in [0.29, 0.717) is 5.38 Å². The summed E-state index contributed by atoms with van der Waals surface area (Å²) in [5.74, 6) is 0.754. The quantitative estimate of drug-likeness (QED) is 0.778. The number of nitrogens with zero attached hydrogens (tertiary/aromatic N) is 1. The van der Waals surface area contributed by atoms with Crippen LogP contribution >= 0.6 is 11.6 Å². The number of hydrogen-bond donors (Lipinski definition) is 1. The number of pyridine rings is 1. The highest BCUT2D eigenvalue weighted by Gasteiger charge is 2.29. The summed E-state index contributed by atoms with van der Waals surface area (Å²) in [6, 6.07) is 4.05. The second-order valence-electron chi connectivity index (χ2n) is 4.25. The summed E-state index contributed by atoms with van der Waals surface area (Å²) in [6.07, 6.45) is 4.44. The van der Waals surface area contributed by atoms with E-state index in [4.69, 9.17) is 11.6 Å². The maximum Gasteiger partial charge on any atom is 0.0570 e. The van der Waals surface area contributed by atoms with Gasteiger partial charge in [-0.25, -0.2) is 0 Å². The molecule has 1 aromatic rings. The third kappa shape index (κ3) is 3.18. The van der Waals surface area contributed by atoms with Gasteiger partial charge in [0.15, 0.2) is 0 Å². The van der Waals surface area contributed by atoms with Gasteiger partial charge in [0, 0.05) is 24.7 Å². The lowest BCUT2D eigenvalue weighted by Gasteiger charge is -2.10. The molecule has 1 aliphatic rings. The normalized spacial score (nSPS) is 17.7. The van der Waals surface area contributed by atoms with E-state index in [2.05, 4.69) is 23.3 Å². The first-order chi connectivity index (χ1) is 7.27. The van der Waals surface area contributed by atoms with Gasteiger partial charge < -0.3 is 5.32 Å². The minimum absolute atomic E-state index is 0.300. The van der Waals surface area contributed by atoms with E-state index < -0.39 is 0 Å². The molecule has 2 rings (SSSR count). The van der Waals surface area contributed by atoms with Crippen LogP contribution in [0.1, 0.15) is 24.1 Å². The molecule has 0 aliphatic heterocycles. The summed E-state index contributed by atoms with van der Waals surface area (Å²) < 4.78 is 0. The Bertz CT molecular complexity index is 323. The highest BCUT2D eigenvalue weighted by atomic mass is 35.5. The fourth-order valence-corrected chi connectivity index (χ4v) is 2.02. The van der Waals surface area contributed by atoms with Crippen molar-refractivity contribution < 1.29 is 0 Å². The second-order valence-corrected chi connectivity index (χ2v) is 4.81. The number of aromatic nitrogens is 1. The maximum atomic E-state index is 6.20. The first kappa shape index (κ1) is 10.9. The van der Waals surface area contributed by atoms with Crippen molar-refractivity contribution in [1.29, 1.82) is 0 Å². The Morgan fingerprint density at radius 2 is 2.40 bits per heavy atom. The summed E-state index contributed by atoms with van der Waals surface area (Å²) in [4.78, 5) is 4.33. The van der Waals surface area contributed by atoms with E-state index in [-0.39, 0.29) is 0 Å². The second kappa shape index (κ2) is 4.95. The Labute approximate surface area is 96.1 Å². The molecule has 1 atom stereocenters. The van der Waals surface area contributed by atoms with Crippen LogP contribution in [0.2, 0.25) is 0 Å². The molecule has 1 aromatic heterocycles. The van der Waals surface area contributed by atoms with Crippen LogP contribution in [0.3, 0.4) is 0 Å². The Kier molecular flexibility index (Phi) is 3.60. The van der Waals surface area contributed by atoms with Crippen molar-refractivity contribution in [3.05, 3.63) is 29.6 Å². The number of nitrogens with one attached hydrogen (secondary N) is 1. The van der Waals surface area contributed by atoms with Gasteiger partial charge in [-0.15, -0.1) is 11.6 Å². The molecule has 3 heteroatoms. The molecule has 1 aliphatic carbocycles. The predicted molar refractivity (Wildman–Crippen MR) is 63.0 cm³/mol. The molecule has 1 heterocycles. The molecular weight excluding hydrogens is 208 g/mol. The summed E-state index contributed by atoms with van der Waals surface area (Å²) in [5, 5.41) is 3.67. The first-order valence-electron chi connectivity index (χ1n) is 5.52. The summed E-state index contributed by atoms with van der Waals surface area (Å²) in [6.45, 7) is 3.80. The third-order valence-corrected chi connectivity index (χ3v) is 3.39. The lowest BCUT2D eigenvalue weighted by molar-refractivity contribution is 0.612. The lowest BCUT2D eigenvalue weighted by atomic mass is 10.2. The smallest absolute Gasteiger partial charge is 0.0570 e. The van der Waals surface area contributed by atoms with E-state index in [9.17, 15) is 0 Å². The van der Waals surface area contributed by atoms with Crippen molar-refractivity contribution in [2.75, 3.05) is 6.54 Å². The molecule has 1 saturated carbocycles. The van der Waals surface area contributed by atoms with Crippen LogP contribution in [-0.2, 0) is 6.54 Å². The molecule has 0 saturated heterocycles. The summed E-state index contributed by atoms with van der Waals surface area (Å²) >= 11 is 6.20. The largest absolute Gasteiger partial charge is 0.310 e. The fourth-order valence-electron chi connectivity index (χ4n) is 1.66. The Hall–Kier alpha value is -0.600. The zero-order valence-corrected chi connectivity index (χ0v) is 9.80. The molecule has 2 nitrogen and oxygen atoms in total. The average Bonchev–Trinajstić information content (AvgIpc) is 3.04. The van der Waals surface area contributed by atoms with E-state index in [1.54, 1.807) is 0 Å². The Balaban J connectivity index is 1.75. The molecular formula is C12H17ClN2. The van der Waals surface area contributed by atoms with Gasteiger partial charge in [-0.2, -0.15) is 0 Å². The van der Waals surface area contributed by atoms with Gasteiger partial charge in [-0.1, -0.05) is 6.07 Å². The third-order valence-electron chi connectivity index (χ3n) is 2.88. The zero-order valence-electron chi connectivity index (χ0n) is 9.04. The van der Waals surface area contributed by atoms with Crippen LogP contribution in [-0.4, -0.2) is 16.9 Å². The first-order valence-corrected chi connectivity index (χ1v) is 5.96. The van der Waals surface area contributed by atoms with E-state index in [1.165, 1.54) is 18.4 Å². The number of hydrogen-bond acceptors (Lipinski definition) is 2. The van der Waals surface area contributed by atoms with E-state index >= 15 is 0 Å². The van der Waals surface area contributed by atoms with E-state index in [1.807, 2.05) is 12.3 Å². The topological polar surface area (TPSA) is 24.9 Å². The SMILES string of the molecule is Cc1cccnc1CNCC(Cl)C1CC1. The van der Waals surface area contributed by atoms with E-state index in [0.717, 1.165) is 24.7 Å². The van der Waals surface area contributed by atoms with Gasteiger partial charge in [0.05, 0.1) is 5.69 Å². The molecule has 1 fully saturated rings. The van der Waals surface area contributed by atoms with Crippen LogP contribution in [0.25, 0.3) is 0 Å². The molecule has 1 unspecified atom stereocenters. The summed E-state index contributed by atoms with van der Waals surface area (Å²) in [7, 11) is 0. The van der Waals surface area contributed by atoms with Gasteiger partial charge in [0.1, 0.15) is 0 Å². The zero-order chi connectivity index (χ0) is 10.7. The number of halogens is 1. The molecule has 0 spiro atoms. The van der Waals surface area contributed by atoms with Crippen LogP contribution in [0.5, 0.6) is 0 Å². The van der Waals surface area contributed by atoms with Gasteiger partial charge in [-0.3, -0.25) is 4.98 Å². The minimum Gasteiger partial charge on any atom is -0.310 e. The van der Waals surface area contributed by atoms with Crippen molar-refractivity contribution in [3.63, 3.8) is 0 Å². The molecule has 0 amide bonds. The molecule has 15 heavy (non-hydrogen) atoms. The highest BCUT2D eigenvalue weighted by molar-refractivity contribution is 6.21. The minimum atomic E-state index is 0.300. The monoisotopic (exact) mass is 224 g/mol. The highest BCUT2D eigenvalue weighted by Crippen LogP contribution is 2.35. The Morgan fingerprint density at radius 3 is 3.07 bits per heavy atom. The van der Waals surface area contributed by atoms with Crippen LogP contribution in [0.4, 0.5) is 0 Å². The standard InChI is InChI=1S/C12H17ClN2/c1-9-3-2-6-15-12(9)8-14-7-11(13)10-4-5-10/h2-3,6,10-11,14H,4-5,7-8H2,1H3. The lowest BCUT2D eigenvalue weighted by Crippen LogP contribution is -2.24. The van der Waals surface area contributed by atoms with Crippen molar-refractivity contribution >= 4 is 11.6 Å². The molecule has 0 bridgehead atoms. The number of rotatable bonds is 5. The van der Waals surface area contributed by atoms with Crippen molar-refractivity contribution in [2.45, 2.75) is 31.7 Å². The predicted octanol–water partition coefficient (Wildman–Crippen LogP) is 2.50. The summed E-state index contributed by atoms with van der Waals surface area (Å²) in [5.41, 5.74) is 2.36. The van der Waals surface area contributed by atoms with Gasteiger partial charge >= 0.3 is 0 Å². The van der Waals surface area contributed by atoms with Crippen molar-refractivity contribution in [2.24, 2.45) is 5.92 Å². The van der Waals surface area contributed by atoms with Crippen molar-refractivity contribution in [3.8, 4) is 0 Å². The van der Waals surface area contributed by atoms with Gasteiger partial charge in [0.25, 0.3) is 0 Å². The number of alkyl halides is 1. The maximum absolute atomic E-state index is 6.20. The average molecular weight is 225 g/mol. The van der Waals surface area contributed by atoms with Crippen molar-refractivity contribution in [1.82, 2.24) is 10.3 Å². The van der Waals surface area contributed by atoms with Gasteiger partial charge in [-0.05, 0) is 37.3 Å². The molecule has 82 valence electrons. The number of aryl methyl sites for hydroxylation is 1. The van der Waals surface area contributed by atoms with Gasteiger partial charge in [0.2, 0.25) is 0 Å². The van der Waals surface area contributed by atoms with Crippen LogP contribution in [0, 0.1) is 12.8 Å². The van der Waals surface area contributed by atoms with Crippen LogP contribution < -0.4 is 5.32 Å². The molecule has 0 radical (unpaired) electrons.